The van der Waals surface area contributed by atoms with Crippen molar-refractivity contribution in [1.82, 2.24) is 5.32 Å². The van der Waals surface area contributed by atoms with Crippen LogP contribution in [0.5, 0.6) is 0 Å². The highest BCUT2D eigenvalue weighted by atomic mass is 16.4. The molecule has 0 rings (SSSR count). The summed E-state index contributed by atoms with van der Waals surface area (Å²) in [5.41, 5.74) is 0. The first-order chi connectivity index (χ1) is 11.8. The molecule has 0 fully saturated rings. The van der Waals surface area contributed by atoms with Crippen molar-refractivity contribution in [2.45, 2.75) is 116 Å². The van der Waals surface area contributed by atoms with E-state index in [0.29, 0.717) is 6.42 Å². The SMILES string of the molecule is CCCCCCCCCCCCCNCCCCCCCC(=O)O. The summed E-state index contributed by atoms with van der Waals surface area (Å²) in [6.45, 7) is 4.56. The van der Waals surface area contributed by atoms with Crippen LogP contribution in [0.4, 0.5) is 0 Å². The summed E-state index contributed by atoms with van der Waals surface area (Å²) in [6, 6.07) is 0. The van der Waals surface area contributed by atoms with Gasteiger partial charge in [0.05, 0.1) is 0 Å². The molecule has 0 bridgehead atoms. The molecule has 0 heterocycles. The van der Waals surface area contributed by atoms with Gasteiger partial charge in [-0.25, -0.2) is 0 Å². The summed E-state index contributed by atoms with van der Waals surface area (Å²) in [4.78, 5) is 10.4. The minimum atomic E-state index is -0.663. The summed E-state index contributed by atoms with van der Waals surface area (Å²) in [5.74, 6) is -0.663. The maximum Gasteiger partial charge on any atom is 0.303 e. The van der Waals surface area contributed by atoms with Gasteiger partial charge in [0.25, 0.3) is 0 Å². The molecule has 0 aliphatic heterocycles. The van der Waals surface area contributed by atoms with E-state index in [4.69, 9.17) is 5.11 Å². The first-order valence-electron chi connectivity index (χ1n) is 10.7. The van der Waals surface area contributed by atoms with Gasteiger partial charge < -0.3 is 10.4 Å². The molecule has 0 radical (unpaired) electrons. The van der Waals surface area contributed by atoms with Crippen LogP contribution in [0.15, 0.2) is 0 Å². The highest BCUT2D eigenvalue weighted by molar-refractivity contribution is 5.66. The molecule has 3 heteroatoms. The van der Waals surface area contributed by atoms with E-state index in [1.807, 2.05) is 0 Å². The molecule has 0 aromatic rings. The summed E-state index contributed by atoms with van der Waals surface area (Å²) in [7, 11) is 0. The lowest BCUT2D eigenvalue weighted by molar-refractivity contribution is -0.137. The van der Waals surface area contributed by atoms with Crippen molar-refractivity contribution < 1.29 is 9.90 Å². The number of nitrogens with one attached hydrogen (secondary N) is 1. The van der Waals surface area contributed by atoms with Crippen LogP contribution < -0.4 is 5.32 Å². The van der Waals surface area contributed by atoms with Crippen molar-refractivity contribution in [1.29, 1.82) is 0 Å². The third kappa shape index (κ3) is 21.4. The van der Waals surface area contributed by atoms with Crippen molar-refractivity contribution in [3.63, 3.8) is 0 Å². The van der Waals surface area contributed by atoms with E-state index in [2.05, 4.69) is 12.2 Å². The number of carbonyl (C=O) groups is 1. The zero-order valence-electron chi connectivity index (χ0n) is 16.3. The van der Waals surface area contributed by atoms with Crippen molar-refractivity contribution in [2.24, 2.45) is 0 Å². The van der Waals surface area contributed by atoms with Crippen LogP contribution in [0.3, 0.4) is 0 Å². The van der Waals surface area contributed by atoms with Gasteiger partial charge in [0.1, 0.15) is 0 Å². The minimum Gasteiger partial charge on any atom is -0.481 e. The van der Waals surface area contributed by atoms with E-state index in [-0.39, 0.29) is 0 Å². The normalized spacial score (nSPS) is 11.0. The Morgan fingerprint density at radius 2 is 1.00 bits per heavy atom. The Kier molecular flexibility index (Phi) is 20.0. The average Bonchev–Trinajstić information content (AvgIpc) is 2.56. The maximum absolute atomic E-state index is 10.4. The predicted octanol–water partition coefficient (Wildman–Crippen LogP) is 6.31. The lowest BCUT2D eigenvalue weighted by atomic mass is 10.1. The molecule has 0 spiro atoms. The van der Waals surface area contributed by atoms with Crippen LogP contribution in [-0.4, -0.2) is 24.2 Å². The Morgan fingerprint density at radius 3 is 1.42 bits per heavy atom. The smallest absolute Gasteiger partial charge is 0.303 e. The van der Waals surface area contributed by atoms with E-state index in [0.717, 1.165) is 25.9 Å². The molecule has 0 aliphatic rings. The number of unbranched alkanes of at least 4 members (excludes halogenated alkanes) is 14. The van der Waals surface area contributed by atoms with Crippen molar-refractivity contribution >= 4 is 5.97 Å². The minimum absolute atomic E-state index is 0.330. The molecule has 0 aromatic heterocycles. The molecule has 0 saturated carbocycles. The highest BCUT2D eigenvalue weighted by Crippen LogP contribution is 2.11. The highest BCUT2D eigenvalue weighted by Gasteiger charge is 1.97. The van der Waals surface area contributed by atoms with Gasteiger partial charge in [0, 0.05) is 6.42 Å². The molecule has 2 N–H and O–H groups in total. The van der Waals surface area contributed by atoms with Gasteiger partial charge in [-0.15, -0.1) is 0 Å². The molecule has 0 atom stereocenters. The fourth-order valence-corrected chi connectivity index (χ4v) is 3.10. The van der Waals surface area contributed by atoms with Crippen LogP contribution in [0.1, 0.15) is 116 Å². The predicted molar refractivity (Wildman–Crippen MR) is 105 cm³/mol. The molecule has 0 saturated heterocycles. The maximum atomic E-state index is 10.4. The van der Waals surface area contributed by atoms with Crippen molar-refractivity contribution in [3.8, 4) is 0 Å². The lowest BCUT2D eigenvalue weighted by Crippen LogP contribution is -2.16. The van der Waals surface area contributed by atoms with Crippen molar-refractivity contribution in [3.05, 3.63) is 0 Å². The van der Waals surface area contributed by atoms with Gasteiger partial charge >= 0.3 is 5.97 Å². The van der Waals surface area contributed by atoms with Gasteiger partial charge in [0.15, 0.2) is 0 Å². The summed E-state index contributed by atoms with van der Waals surface area (Å²) >= 11 is 0. The molecular formula is C21H43NO2. The number of hydrogen-bond donors (Lipinski definition) is 2. The van der Waals surface area contributed by atoms with Gasteiger partial charge in [-0.1, -0.05) is 90.4 Å². The number of rotatable bonds is 20. The van der Waals surface area contributed by atoms with Crippen LogP contribution in [0.25, 0.3) is 0 Å². The Balaban J connectivity index is 2.97. The summed E-state index contributed by atoms with van der Waals surface area (Å²) in [5, 5.41) is 12.1. The van der Waals surface area contributed by atoms with E-state index in [1.54, 1.807) is 0 Å². The topological polar surface area (TPSA) is 49.3 Å². The number of hydrogen-bond acceptors (Lipinski definition) is 2. The quantitative estimate of drug-likeness (QED) is 0.255. The van der Waals surface area contributed by atoms with E-state index in [9.17, 15) is 4.79 Å². The van der Waals surface area contributed by atoms with E-state index >= 15 is 0 Å². The van der Waals surface area contributed by atoms with Crippen LogP contribution in [-0.2, 0) is 4.79 Å². The molecule has 0 aromatic carbocycles. The Bertz CT molecular complexity index is 256. The fourth-order valence-electron chi connectivity index (χ4n) is 3.10. The first-order valence-corrected chi connectivity index (χ1v) is 10.7. The monoisotopic (exact) mass is 341 g/mol. The number of carboxylic acid groups (broad SMARTS) is 1. The second-order valence-corrected chi connectivity index (χ2v) is 7.20. The second kappa shape index (κ2) is 20.5. The molecule has 0 amide bonds. The standard InChI is InChI=1S/C21H43NO2/c1-2-3-4-5-6-7-8-9-10-13-16-19-22-20-17-14-11-12-15-18-21(23)24/h22H,2-20H2,1H3,(H,23,24). The van der Waals surface area contributed by atoms with Crippen LogP contribution in [0.2, 0.25) is 0 Å². The fraction of sp³-hybridized carbons (Fsp3) is 0.952. The van der Waals surface area contributed by atoms with E-state index in [1.165, 1.54) is 89.9 Å². The number of aliphatic carboxylic acids is 1. The second-order valence-electron chi connectivity index (χ2n) is 7.20. The first kappa shape index (κ1) is 23.4. The van der Waals surface area contributed by atoms with Crippen molar-refractivity contribution in [2.75, 3.05) is 13.1 Å². The van der Waals surface area contributed by atoms with Gasteiger partial charge in [-0.2, -0.15) is 0 Å². The largest absolute Gasteiger partial charge is 0.481 e. The average molecular weight is 342 g/mol. The lowest BCUT2D eigenvalue weighted by Gasteiger charge is -2.05. The third-order valence-electron chi connectivity index (χ3n) is 4.70. The summed E-state index contributed by atoms with van der Waals surface area (Å²) < 4.78 is 0. The van der Waals surface area contributed by atoms with Crippen LogP contribution in [0, 0.1) is 0 Å². The molecule has 3 nitrogen and oxygen atoms in total. The molecule has 0 aliphatic carbocycles. The molecular weight excluding hydrogens is 298 g/mol. The zero-order chi connectivity index (χ0) is 17.7. The Hall–Kier alpha value is -0.570. The third-order valence-corrected chi connectivity index (χ3v) is 4.70. The molecule has 144 valence electrons. The zero-order valence-corrected chi connectivity index (χ0v) is 16.3. The van der Waals surface area contributed by atoms with Gasteiger partial charge in [-0.3, -0.25) is 4.79 Å². The molecule has 24 heavy (non-hydrogen) atoms. The summed E-state index contributed by atoms with van der Waals surface area (Å²) in [6.07, 6.45) is 21.3. The number of carboxylic acids is 1. The van der Waals surface area contributed by atoms with Gasteiger partial charge in [0.2, 0.25) is 0 Å². The Labute approximate surface area is 151 Å². The van der Waals surface area contributed by atoms with Gasteiger partial charge in [-0.05, 0) is 32.4 Å². The Morgan fingerprint density at radius 1 is 0.625 bits per heavy atom. The molecule has 0 unspecified atom stereocenters. The van der Waals surface area contributed by atoms with E-state index < -0.39 is 5.97 Å². The van der Waals surface area contributed by atoms with Crippen LogP contribution >= 0.6 is 0 Å².